The molecule has 0 amide bonds. The second kappa shape index (κ2) is 18.7. The molecule has 0 saturated heterocycles. The average molecular weight is 363 g/mol. The van der Waals surface area contributed by atoms with Crippen molar-refractivity contribution in [1.29, 1.82) is 0 Å². The van der Waals surface area contributed by atoms with Gasteiger partial charge in [-0.05, 0) is 19.6 Å². The molecule has 0 aromatic carbocycles. The summed E-state index contributed by atoms with van der Waals surface area (Å²) in [5, 5.41) is 0. The van der Waals surface area contributed by atoms with Crippen LogP contribution in [0.5, 0.6) is 0 Å². The second-order valence-corrected chi connectivity index (χ2v) is 10.3. The molecule has 0 aliphatic heterocycles. The zero-order chi connectivity index (χ0) is 14.3. The molecule has 2 aliphatic rings. The summed E-state index contributed by atoms with van der Waals surface area (Å²) in [6.45, 7) is 12.1. The van der Waals surface area contributed by atoms with Crippen molar-refractivity contribution in [2.45, 2.75) is 83.8 Å². The Morgan fingerprint density at radius 1 is 0.789 bits per heavy atom. The molecule has 0 aromatic rings. The largest absolute Gasteiger partial charge is 3.00 e. The summed E-state index contributed by atoms with van der Waals surface area (Å²) < 4.78 is 0. The molecule has 0 aromatic heterocycles. The Labute approximate surface area is 142 Å². The van der Waals surface area contributed by atoms with E-state index in [0.717, 1.165) is 0 Å². The van der Waals surface area contributed by atoms with E-state index in [1.54, 1.807) is 0 Å². The molecule has 2 rings (SSSR count). The molecule has 1 nitrogen and oxygen atoms in total. The molecule has 1 radical (unpaired) electrons. The molecule has 111 valence electrons. The van der Waals surface area contributed by atoms with Gasteiger partial charge in [-0.1, -0.05) is 64.2 Å². The maximum absolute atomic E-state index is 8.66. The Morgan fingerprint density at radius 2 is 0.842 bits per heavy atom. The number of hydrogen-bond donors (Lipinski definition) is 1. The van der Waals surface area contributed by atoms with Crippen LogP contribution in [-0.2, 0) is 26.2 Å². The molecule has 0 heterocycles. The van der Waals surface area contributed by atoms with Gasteiger partial charge in [0.05, 0.1) is 0 Å². The molecular weight excluding hydrogens is 327 g/mol. The minimum absolute atomic E-state index is 0. The van der Waals surface area contributed by atoms with E-state index >= 15 is 0 Å². The van der Waals surface area contributed by atoms with Gasteiger partial charge in [-0.2, -0.15) is 0 Å². The van der Waals surface area contributed by atoms with Crippen LogP contribution in [-0.4, -0.2) is 13.1 Å². The Bertz CT molecular complexity index is 127. The molecule has 2 fully saturated rings. The van der Waals surface area contributed by atoms with Crippen LogP contribution >= 0.6 is 0 Å². The third-order valence-corrected chi connectivity index (χ3v) is 2.50. The van der Waals surface area contributed by atoms with E-state index in [0.29, 0.717) is 0 Å². The van der Waals surface area contributed by atoms with Crippen LogP contribution in [0.15, 0.2) is 12.7 Å². The topological polar surface area (TPSA) is 20.2 Å². The van der Waals surface area contributed by atoms with Crippen LogP contribution in [0.3, 0.4) is 0 Å². The van der Waals surface area contributed by atoms with Crippen LogP contribution in [0.1, 0.15) is 64.2 Å². The Balaban J connectivity index is -0.000000180. The Hall–Kier alpha value is 0.670. The van der Waals surface area contributed by atoms with Crippen molar-refractivity contribution in [1.82, 2.24) is 0 Å². The minimum atomic E-state index is -1.61. The van der Waals surface area contributed by atoms with Crippen molar-refractivity contribution in [3.63, 3.8) is 0 Å². The predicted molar refractivity (Wildman–Crippen MR) is 87.3 cm³/mol. The standard InChI is InChI=1S/2C5H10.C3H10OSi.C3H5.Zr/c2*1-2-4-5-3-1;1-5(2,3)4;1-3-2;/h2*1-5H2;4H,1-3H3;3H,1-2H2;/q;;;-1;+3. The summed E-state index contributed by atoms with van der Waals surface area (Å²) >= 11 is 0. The summed E-state index contributed by atoms with van der Waals surface area (Å²) in [5.41, 5.74) is 0. The summed E-state index contributed by atoms with van der Waals surface area (Å²) in [6, 6.07) is 0. The van der Waals surface area contributed by atoms with Gasteiger partial charge in [0.2, 0.25) is 0 Å². The molecule has 0 atom stereocenters. The molecule has 1 N–H and O–H groups in total. The van der Waals surface area contributed by atoms with Crippen LogP contribution in [0.2, 0.25) is 19.6 Å². The first-order valence-corrected chi connectivity index (χ1v) is 11.0. The van der Waals surface area contributed by atoms with Gasteiger partial charge in [0, 0.05) is 0 Å². The van der Waals surface area contributed by atoms with Crippen LogP contribution < -0.4 is 0 Å². The van der Waals surface area contributed by atoms with Crippen LogP contribution in [0, 0.1) is 6.92 Å². The van der Waals surface area contributed by atoms with E-state index in [4.69, 9.17) is 4.80 Å². The van der Waals surface area contributed by atoms with Crippen molar-refractivity contribution in [3.8, 4) is 0 Å². The van der Waals surface area contributed by atoms with E-state index < -0.39 is 8.32 Å². The Morgan fingerprint density at radius 3 is 0.895 bits per heavy atom. The second-order valence-electron chi connectivity index (χ2n) is 6.00. The third-order valence-electron chi connectivity index (χ3n) is 2.50. The smallest absolute Gasteiger partial charge is 0.433 e. The monoisotopic (exact) mass is 361 g/mol. The van der Waals surface area contributed by atoms with Crippen molar-refractivity contribution in [2.24, 2.45) is 0 Å². The van der Waals surface area contributed by atoms with E-state index in [-0.39, 0.29) is 26.2 Å². The van der Waals surface area contributed by atoms with Gasteiger partial charge in [0.25, 0.3) is 0 Å². The van der Waals surface area contributed by atoms with Gasteiger partial charge in [0.15, 0.2) is 8.32 Å². The molecule has 2 saturated carbocycles. The zero-order valence-electron chi connectivity index (χ0n) is 13.5. The molecule has 0 bridgehead atoms. The van der Waals surface area contributed by atoms with Gasteiger partial charge in [-0.15, -0.1) is 0 Å². The van der Waals surface area contributed by atoms with Gasteiger partial charge in [0.1, 0.15) is 0 Å². The minimum Gasteiger partial charge on any atom is -0.433 e. The summed E-state index contributed by atoms with van der Waals surface area (Å²) in [4.78, 5) is 8.66. The van der Waals surface area contributed by atoms with Gasteiger partial charge in [-0.3, -0.25) is 0 Å². The van der Waals surface area contributed by atoms with Crippen molar-refractivity contribution in [3.05, 3.63) is 19.6 Å². The van der Waals surface area contributed by atoms with Crippen molar-refractivity contribution in [2.75, 3.05) is 0 Å². The first-order valence-electron chi connectivity index (χ1n) is 7.54. The normalized spacial score (nSPS) is 16.4. The van der Waals surface area contributed by atoms with E-state index in [1.807, 2.05) is 19.6 Å². The first kappa shape index (κ1) is 24.7. The number of hydrogen-bond acceptors (Lipinski definition) is 1. The summed E-state index contributed by atoms with van der Waals surface area (Å²) in [7, 11) is -1.61. The Kier molecular flexibility index (Phi) is 24.2. The molecule has 0 spiro atoms. The van der Waals surface area contributed by atoms with Crippen LogP contribution in [0.4, 0.5) is 0 Å². The van der Waals surface area contributed by atoms with Gasteiger partial charge >= 0.3 is 26.2 Å². The number of allylic oxidation sites excluding steroid dienone is 1. The fraction of sp³-hybridized carbons (Fsp3) is 0.812. The molecule has 19 heavy (non-hydrogen) atoms. The fourth-order valence-electron chi connectivity index (χ4n) is 1.77. The predicted octanol–water partition coefficient (Wildman–Crippen LogP) is 5.72. The van der Waals surface area contributed by atoms with Gasteiger partial charge in [-0.25, -0.2) is 19.6 Å². The van der Waals surface area contributed by atoms with Gasteiger partial charge < -0.3 is 4.80 Å². The summed E-state index contributed by atoms with van der Waals surface area (Å²) in [5.74, 6) is 0. The maximum atomic E-state index is 8.66. The van der Waals surface area contributed by atoms with Crippen molar-refractivity contribution >= 4 is 8.32 Å². The molecule has 0 unspecified atom stereocenters. The third kappa shape index (κ3) is 45.6. The van der Waals surface area contributed by atoms with E-state index in [2.05, 4.69) is 13.5 Å². The molecular formula is C16H35OSiZr+2. The molecule has 3 heteroatoms. The summed E-state index contributed by atoms with van der Waals surface area (Å²) in [6.07, 6.45) is 16.5. The fourth-order valence-corrected chi connectivity index (χ4v) is 1.77. The van der Waals surface area contributed by atoms with Crippen molar-refractivity contribution < 1.29 is 31.0 Å². The van der Waals surface area contributed by atoms with E-state index in [1.165, 1.54) is 70.3 Å². The van der Waals surface area contributed by atoms with E-state index in [9.17, 15) is 0 Å². The maximum Gasteiger partial charge on any atom is 3.00 e. The zero-order valence-corrected chi connectivity index (χ0v) is 17.0. The molecule has 2 aliphatic carbocycles. The average Bonchev–Trinajstić information content (AvgIpc) is 2.96. The van der Waals surface area contributed by atoms with Crippen LogP contribution in [0.25, 0.3) is 0 Å². The quantitative estimate of drug-likeness (QED) is 0.431. The number of rotatable bonds is 0. The SMILES string of the molecule is C1CCCC1.C1CCCC1.C=C[CH2-].C[Si](C)(C)O.[Zr+3]. The first-order chi connectivity index (χ1) is 8.41.